The molecule has 0 radical (unpaired) electrons. The zero-order valence-electron chi connectivity index (χ0n) is 12.2. The van der Waals surface area contributed by atoms with Crippen LogP contribution in [0.2, 0.25) is 5.02 Å². The van der Waals surface area contributed by atoms with E-state index in [-0.39, 0.29) is 11.1 Å². The summed E-state index contributed by atoms with van der Waals surface area (Å²) in [4.78, 5) is 3.57. The summed E-state index contributed by atoms with van der Waals surface area (Å²) >= 11 is 7.64. The van der Waals surface area contributed by atoms with E-state index in [1.54, 1.807) is 23.5 Å². The Kier molecular flexibility index (Phi) is 5.76. The molecule has 1 aromatic heterocycles. The fourth-order valence-electron chi connectivity index (χ4n) is 2.43. The molecule has 0 aliphatic heterocycles. The Bertz CT molecular complexity index is 574. The van der Waals surface area contributed by atoms with Gasteiger partial charge in [0.2, 0.25) is 0 Å². The average Bonchev–Trinajstić information content (AvgIpc) is 2.96. The van der Waals surface area contributed by atoms with Gasteiger partial charge in [-0.05, 0) is 49.5 Å². The fraction of sp³-hybridized carbons (Fsp3) is 0.375. The highest BCUT2D eigenvalue weighted by molar-refractivity contribution is 7.09. The molecular weight excluding hydrogens is 307 g/mol. The molecule has 2 atom stereocenters. The molecule has 0 aliphatic carbocycles. The quantitative estimate of drug-likeness (QED) is 0.865. The third kappa shape index (κ3) is 4.04. The number of nitrogens with two attached hydrogens (primary N) is 1. The van der Waals surface area contributed by atoms with Crippen LogP contribution in [-0.2, 0) is 6.42 Å². The number of rotatable bonds is 6. The predicted molar refractivity (Wildman–Crippen MR) is 88.5 cm³/mol. The summed E-state index contributed by atoms with van der Waals surface area (Å²) in [5, 5.41) is 2.23. The van der Waals surface area contributed by atoms with E-state index < -0.39 is 5.82 Å². The summed E-state index contributed by atoms with van der Waals surface area (Å²) in [6.07, 6.45) is 0.972. The molecule has 1 heterocycles. The van der Waals surface area contributed by atoms with E-state index in [0.29, 0.717) is 12.6 Å². The van der Waals surface area contributed by atoms with Gasteiger partial charge in [0.1, 0.15) is 5.82 Å². The van der Waals surface area contributed by atoms with Gasteiger partial charge in [-0.3, -0.25) is 4.90 Å². The summed E-state index contributed by atoms with van der Waals surface area (Å²) in [5.41, 5.74) is 6.88. The topological polar surface area (TPSA) is 29.3 Å². The molecule has 2 N–H and O–H groups in total. The van der Waals surface area contributed by atoms with Crippen molar-refractivity contribution in [1.82, 2.24) is 4.90 Å². The van der Waals surface area contributed by atoms with E-state index in [0.717, 1.165) is 12.0 Å². The lowest BCUT2D eigenvalue weighted by Crippen LogP contribution is -2.38. The SMILES string of the molecule is CC(Cc1cccs1)N(C)C(CN)c1ccc(F)c(Cl)c1. The van der Waals surface area contributed by atoms with Crippen molar-refractivity contribution in [2.45, 2.75) is 25.4 Å². The number of nitrogens with zero attached hydrogens (tertiary/aromatic N) is 1. The van der Waals surface area contributed by atoms with Crippen molar-refractivity contribution in [3.05, 3.63) is 57.0 Å². The molecule has 0 bridgehead atoms. The van der Waals surface area contributed by atoms with Crippen molar-refractivity contribution >= 4 is 22.9 Å². The number of hydrogen-bond donors (Lipinski definition) is 1. The van der Waals surface area contributed by atoms with E-state index in [2.05, 4.69) is 29.3 Å². The minimum atomic E-state index is -0.398. The first-order valence-electron chi connectivity index (χ1n) is 6.92. The van der Waals surface area contributed by atoms with Crippen LogP contribution in [0.4, 0.5) is 4.39 Å². The van der Waals surface area contributed by atoms with Gasteiger partial charge in [0.25, 0.3) is 0 Å². The maximum Gasteiger partial charge on any atom is 0.141 e. The Morgan fingerprint density at radius 2 is 2.14 bits per heavy atom. The zero-order chi connectivity index (χ0) is 15.4. The monoisotopic (exact) mass is 326 g/mol. The second-order valence-electron chi connectivity index (χ2n) is 5.22. The molecule has 2 aromatic rings. The molecule has 2 unspecified atom stereocenters. The lowest BCUT2D eigenvalue weighted by atomic mass is 10.0. The Labute approximate surface area is 134 Å². The van der Waals surface area contributed by atoms with Gasteiger partial charge in [-0.25, -0.2) is 4.39 Å². The molecule has 114 valence electrons. The van der Waals surface area contributed by atoms with Gasteiger partial charge < -0.3 is 5.73 Å². The molecule has 5 heteroatoms. The minimum absolute atomic E-state index is 0.0260. The van der Waals surface area contributed by atoms with E-state index in [1.165, 1.54) is 10.9 Å². The van der Waals surface area contributed by atoms with Gasteiger partial charge in [-0.15, -0.1) is 11.3 Å². The van der Waals surface area contributed by atoms with Crippen LogP contribution in [0.1, 0.15) is 23.4 Å². The normalized spacial score (nSPS) is 14.4. The Hall–Kier alpha value is -0.940. The fourth-order valence-corrected chi connectivity index (χ4v) is 3.44. The van der Waals surface area contributed by atoms with Gasteiger partial charge in [0.05, 0.1) is 5.02 Å². The summed E-state index contributed by atoms with van der Waals surface area (Å²) in [6, 6.07) is 9.39. The van der Waals surface area contributed by atoms with Crippen LogP contribution in [0.15, 0.2) is 35.7 Å². The standard InChI is InChI=1S/C16H20ClFN2S/c1-11(8-13-4-3-7-21-13)20(2)16(10-19)12-5-6-15(18)14(17)9-12/h3-7,9,11,16H,8,10,19H2,1-2H3. The second-order valence-corrected chi connectivity index (χ2v) is 6.66. The number of halogens is 2. The maximum atomic E-state index is 13.3. The van der Waals surface area contributed by atoms with E-state index in [4.69, 9.17) is 17.3 Å². The highest BCUT2D eigenvalue weighted by Gasteiger charge is 2.21. The lowest BCUT2D eigenvalue weighted by Gasteiger charge is -2.32. The van der Waals surface area contributed by atoms with Crippen molar-refractivity contribution in [3.8, 4) is 0 Å². The predicted octanol–water partition coefficient (Wildman–Crippen LogP) is 4.10. The molecule has 2 nitrogen and oxygen atoms in total. The molecule has 2 rings (SSSR count). The van der Waals surface area contributed by atoms with Crippen LogP contribution >= 0.6 is 22.9 Å². The lowest BCUT2D eigenvalue weighted by molar-refractivity contribution is 0.188. The second kappa shape index (κ2) is 7.36. The summed E-state index contributed by atoms with van der Waals surface area (Å²) in [5.74, 6) is -0.398. The minimum Gasteiger partial charge on any atom is -0.329 e. The van der Waals surface area contributed by atoms with Crippen molar-refractivity contribution < 1.29 is 4.39 Å². The highest BCUT2D eigenvalue weighted by Crippen LogP contribution is 2.26. The summed E-state index contributed by atoms with van der Waals surface area (Å²) in [7, 11) is 2.05. The largest absolute Gasteiger partial charge is 0.329 e. The first-order valence-corrected chi connectivity index (χ1v) is 8.18. The third-order valence-corrected chi connectivity index (χ3v) is 5.00. The van der Waals surface area contributed by atoms with Crippen LogP contribution in [0.25, 0.3) is 0 Å². The van der Waals surface area contributed by atoms with Crippen LogP contribution in [0.3, 0.4) is 0 Å². The van der Waals surface area contributed by atoms with Crippen LogP contribution in [-0.4, -0.2) is 24.5 Å². The molecule has 1 aromatic carbocycles. The maximum absolute atomic E-state index is 13.3. The van der Waals surface area contributed by atoms with Crippen molar-refractivity contribution in [3.63, 3.8) is 0 Å². The molecule has 0 spiro atoms. The Balaban J connectivity index is 2.13. The van der Waals surface area contributed by atoms with Gasteiger partial charge in [0, 0.05) is 23.5 Å². The van der Waals surface area contributed by atoms with E-state index in [1.807, 2.05) is 7.05 Å². The van der Waals surface area contributed by atoms with Crippen LogP contribution < -0.4 is 5.73 Å². The summed E-state index contributed by atoms with van der Waals surface area (Å²) in [6.45, 7) is 2.64. The third-order valence-electron chi connectivity index (χ3n) is 3.82. The molecule has 0 aliphatic rings. The molecule has 0 saturated carbocycles. The molecule has 0 fully saturated rings. The van der Waals surface area contributed by atoms with Gasteiger partial charge in [-0.2, -0.15) is 0 Å². The van der Waals surface area contributed by atoms with Crippen LogP contribution in [0, 0.1) is 5.82 Å². The molecule has 21 heavy (non-hydrogen) atoms. The molecular formula is C16H20ClFN2S. The number of hydrogen-bond acceptors (Lipinski definition) is 3. The molecule has 0 saturated heterocycles. The Morgan fingerprint density at radius 1 is 1.38 bits per heavy atom. The van der Waals surface area contributed by atoms with Crippen LogP contribution in [0.5, 0.6) is 0 Å². The highest BCUT2D eigenvalue weighted by atomic mass is 35.5. The summed E-state index contributed by atoms with van der Waals surface area (Å²) < 4.78 is 13.3. The number of thiophene rings is 1. The molecule has 0 amide bonds. The zero-order valence-corrected chi connectivity index (χ0v) is 13.8. The van der Waals surface area contributed by atoms with E-state index >= 15 is 0 Å². The number of benzene rings is 1. The van der Waals surface area contributed by atoms with Crippen molar-refractivity contribution in [2.75, 3.05) is 13.6 Å². The van der Waals surface area contributed by atoms with Gasteiger partial charge in [0.15, 0.2) is 0 Å². The van der Waals surface area contributed by atoms with Crippen molar-refractivity contribution in [1.29, 1.82) is 0 Å². The first kappa shape index (κ1) is 16.4. The van der Waals surface area contributed by atoms with E-state index in [9.17, 15) is 4.39 Å². The first-order chi connectivity index (χ1) is 10.0. The van der Waals surface area contributed by atoms with Gasteiger partial charge in [-0.1, -0.05) is 23.7 Å². The number of likely N-dealkylation sites (N-methyl/N-ethyl adjacent to an activating group) is 1. The Morgan fingerprint density at radius 3 is 2.71 bits per heavy atom. The van der Waals surface area contributed by atoms with Gasteiger partial charge >= 0.3 is 0 Å². The average molecular weight is 327 g/mol. The van der Waals surface area contributed by atoms with Crippen molar-refractivity contribution in [2.24, 2.45) is 5.73 Å². The smallest absolute Gasteiger partial charge is 0.141 e.